The Morgan fingerprint density at radius 1 is 1.14 bits per heavy atom. The van der Waals surface area contributed by atoms with Crippen LogP contribution in [-0.2, 0) is 0 Å². The molecule has 1 heterocycles. The van der Waals surface area contributed by atoms with E-state index in [4.69, 9.17) is 0 Å². The number of hydrogen-bond donors (Lipinski definition) is 0. The maximum Gasteiger partial charge on any atom is 0.123 e. The molecule has 0 saturated carbocycles. The van der Waals surface area contributed by atoms with Gasteiger partial charge in [-0.3, -0.25) is 0 Å². The van der Waals surface area contributed by atoms with Crippen LogP contribution in [0.3, 0.4) is 0 Å². The molecule has 0 unspecified atom stereocenters. The van der Waals surface area contributed by atoms with Crippen LogP contribution in [0.4, 0.5) is 0 Å². The lowest BCUT2D eigenvalue weighted by Crippen LogP contribution is -1.66. The maximum absolute atomic E-state index is 4.33. The van der Waals surface area contributed by atoms with Gasteiger partial charge in [0.25, 0.3) is 0 Å². The van der Waals surface area contributed by atoms with Crippen LogP contribution in [0.1, 0.15) is 54.9 Å². The van der Waals surface area contributed by atoms with Crippen LogP contribution in [0, 0.1) is 5.92 Å². The van der Waals surface area contributed by atoms with E-state index in [0.29, 0.717) is 0 Å². The Kier molecular flexibility index (Phi) is 30.7. The van der Waals surface area contributed by atoms with Gasteiger partial charge < -0.3 is 4.52 Å². The summed E-state index contributed by atoms with van der Waals surface area (Å²) in [6, 6.07) is 1.72. The lowest BCUT2D eigenvalue weighted by molar-refractivity contribution is 0.420. The van der Waals surface area contributed by atoms with Gasteiger partial charge in [-0.2, -0.15) is 0 Å². The van der Waals surface area contributed by atoms with E-state index in [1.807, 2.05) is 13.8 Å². The third-order valence-corrected chi connectivity index (χ3v) is 0.347. The molecule has 1 aromatic heterocycles. The molecule has 0 aliphatic heterocycles. The van der Waals surface area contributed by atoms with E-state index >= 15 is 0 Å². The van der Waals surface area contributed by atoms with E-state index in [1.54, 1.807) is 12.3 Å². The van der Waals surface area contributed by atoms with Crippen LogP contribution in [0.5, 0.6) is 0 Å². The van der Waals surface area contributed by atoms with Crippen LogP contribution in [-0.4, -0.2) is 5.16 Å². The molecule has 0 aliphatic rings. The summed E-state index contributed by atoms with van der Waals surface area (Å²) < 4.78 is 4.33. The highest BCUT2D eigenvalue weighted by molar-refractivity contribution is 4.67. The van der Waals surface area contributed by atoms with Crippen molar-refractivity contribution in [1.29, 1.82) is 0 Å². The summed E-state index contributed by atoms with van der Waals surface area (Å²) in [4.78, 5) is 0. The first-order valence-corrected chi connectivity index (χ1v) is 5.49. The second kappa shape index (κ2) is 22.8. The summed E-state index contributed by atoms with van der Waals surface area (Å²) in [5.74, 6) is 0.833. The first-order valence-electron chi connectivity index (χ1n) is 5.49. The zero-order valence-electron chi connectivity index (χ0n) is 10.9. The van der Waals surface area contributed by atoms with Crippen molar-refractivity contribution in [3.05, 3.63) is 18.5 Å². The summed E-state index contributed by atoms with van der Waals surface area (Å²) in [5.41, 5.74) is 0. The average Bonchev–Trinajstić information content (AvgIpc) is 2.64. The SMILES string of the molecule is CC.CC(C)C.CCC.c1cnoc1. The van der Waals surface area contributed by atoms with Crippen molar-refractivity contribution in [2.75, 3.05) is 0 Å². The molecule has 1 aromatic rings. The lowest BCUT2D eigenvalue weighted by Gasteiger charge is -1.79. The first kappa shape index (κ1) is 18.9. The van der Waals surface area contributed by atoms with E-state index in [1.165, 1.54) is 12.7 Å². The molecule has 1 rings (SSSR count). The molecule has 0 amide bonds. The van der Waals surface area contributed by atoms with Crippen molar-refractivity contribution in [1.82, 2.24) is 5.16 Å². The smallest absolute Gasteiger partial charge is 0.123 e. The fourth-order valence-corrected chi connectivity index (χ4v) is 0.176. The highest BCUT2D eigenvalue weighted by Gasteiger charge is 1.68. The van der Waals surface area contributed by atoms with Gasteiger partial charge in [-0.1, -0.05) is 60.0 Å². The van der Waals surface area contributed by atoms with Crippen LogP contribution in [0.15, 0.2) is 23.0 Å². The average molecular weight is 201 g/mol. The molecule has 0 N–H and O–H groups in total. The highest BCUT2D eigenvalue weighted by atomic mass is 16.5. The van der Waals surface area contributed by atoms with Gasteiger partial charge >= 0.3 is 0 Å². The van der Waals surface area contributed by atoms with E-state index < -0.39 is 0 Å². The Morgan fingerprint density at radius 3 is 1.57 bits per heavy atom. The summed E-state index contributed by atoms with van der Waals surface area (Å²) in [7, 11) is 0. The van der Waals surface area contributed by atoms with Gasteiger partial charge in [-0.15, -0.1) is 0 Å². The predicted octanol–water partition coefficient (Wildman–Crippen LogP) is 4.78. The molecular formula is C12H27NO. The molecule has 0 aromatic carbocycles. The van der Waals surface area contributed by atoms with Gasteiger partial charge in [0, 0.05) is 0 Å². The Labute approximate surface area is 89.7 Å². The Bertz CT molecular complexity index is 105. The lowest BCUT2D eigenvalue weighted by atomic mass is 10.3. The molecule has 2 heteroatoms. The zero-order valence-corrected chi connectivity index (χ0v) is 10.9. The van der Waals surface area contributed by atoms with Gasteiger partial charge in [0.1, 0.15) is 6.26 Å². The first-order chi connectivity index (χ1) is 6.65. The molecule has 86 valence electrons. The molecule has 0 radical (unpaired) electrons. The summed E-state index contributed by atoms with van der Waals surface area (Å²) in [5, 5.41) is 3.35. The molecule has 0 atom stereocenters. The largest absolute Gasteiger partial charge is 0.365 e. The molecule has 14 heavy (non-hydrogen) atoms. The molecule has 0 bridgehead atoms. The van der Waals surface area contributed by atoms with Crippen molar-refractivity contribution < 1.29 is 4.52 Å². The van der Waals surface area contributed by atoms with E-state index in [2.05, 4.69) is 44.3 Å². The topological polar surface area (TPSA) is 26.0 Å². The predicted molar refractivity (Wildman–Crippen MR) is 64.3 cm³/mol. The van der Waals surface area contributed by atoms with Crippen LogP contribution < -0.4 is 0 Å². The number of nitrogens with zero attached hydrogens (tertiary/aromatic N) is 1. The van der Waals surface area contributed by atoms with Crippen molar-refractivity contribution in [3.63, 3.8) is 0 Å². The zero-order chi connectivity index (χ0) is 11.8. The molecular weight excluding hydrogens is 174 g/mol. The maximum atomic E-state index is 4.33. The summed E-state index contributed by atoms with van der Waals surface area (Å²) >= 11 is 0. The minimum Gasteiger partial charge on any atom is -0.365 e. The quantitative estimate of drug-likeness (QED) is 0.603. The second-order valence-corrected chi connectivity index (χ2v) is 3.13. The third kappa shape index (κ3) is 65.9. The minimum atomic E-state index is 0.833. The van der Waals surface area contributed by atoms with Gasteiger partial charge in [-0.05, 0) is 12.0 Å². The van der Waals surface area contributed by atoms with Gasteiger partial charge in [-0.25, -0.2) is 0 Å². The molecule has 0 fully saturated rings. The Morgan fingerprint density at radius 2 is 1.50 bits per heavy atom. The van der Waals surface area contributed by atoms with E-state index in [9.17, 15) is 0 Å². The van der Waals surface area contributed by atoms with Gasteiger partial charge in [0.15, 0.2) is 0 Å². The Hall–Kier alpha value is -0.790. The standard InChI is InChI=1S/C4H10.C3H3NO.C3H8.C2H6/c1-4(2)3;1-2-4-5-3-1;1-3-2;1-2/h4H,1-3H3;1-3H;3H2,1-2H3;1-2H3. The summed E-state index contributed by atoms with van der Waals surface area (Å²) in [6.45, 7) is 14.7. The van der Waals surface area contributed by atoms with Crippen LogP contribution >= 0.6 is 0 Å². The van der Waals surface area contributed by atoms with Crippen molar-refractivity contribution in [3.8, 4) is 0 Å². The van der Waals surface area contributed by atoms with E-state index in [0.717, 1.165) is 5.92 Å². The van der Waals surface area contributed by atoms with Gasteiger partial charge in [0.05, 0.1) is 6.20 Å². The van der Waals surface area contributed by atoms with Crippen LogP contribution in [0.2, 0.25) is 0 Å². The fourth-order valence-electron chi connectivity index (χ4n) is 0.176. The third-order valence-electron chi connectivity index (χ3n) is 0.347. The van der Waals surface area contributed by atoms with Crippen molar-refractivity contribution >= 4 is 0 Å². The monoisotopic (exact) mass is 201 g/mol. The summed E-state index contributed by atoms with van der Waals surface area (Å²) in [6.07, 6.45) is 4.35. The highest BCUT2D eigenvalue weighted by Crippen LogP contribution is 1.81. The molecule has 0 aliphatic carbocycles. The number of aromatic nitrogens is 1. The Balaban J connectivity index is -0.000000123. The minimum absolute atomic E-state index is 0.833. The van der Waals surface area contributed by atoms with Crippen molar-refractivity contribution in [2.45, 2.75) is 54.9 Å². The van der Waals surface area contributed by atoms with Crippen molar-refractivity contribution in [2.24, 2.45) is 5.92 Å². The molecule has 2 nitrogen and oxygen atoms in total. The fraction of sp³-hybridized carbons (Fsp3) is 0.750. The second-order valence-electron chi connectivity index (χ2n) is 3.13. The normalized spacial score (nSPS) is 7.14. The van der Waals surface area contributed by atoms with Gasteiger partial charge in [0.2, 0.25) is 0 Å². The molecule has 0 spiro atoms. The molecule has 0 saturated heterocycles. The number of rotatable bonds is 0. The van der Waals surface area contributed by atoms with Crippen LogP contribution in [0.25, 0.3) is 0 Å². The van der Waals surface area contributed by atoms with E-state index in [-0.39, 0.29) is 0 Å². The number of hydrogen-bond acceptors (Lipinski definition) is 2.